The number of para-hydroxylation sites is 1. The first-order chi connectivity index (χ1) is 10.2. The lowest BCUT2D eigenvalue weighted by Crippen LogP contribution is -2.00. The van der Waals surface area contributed by atoms with Crippen LogP contribution in [-0.4, -0.2) is 19.8 Å². The summed E-state index contributed by atoms with van der Waals surface area (Å²) in [6, 6.07) is 12.8. The summed E-state index contributed by atoms with van der Waals surface area (Å²) in [5, 5.41) is 22.5. The zero-order valence-electron chi connectivity index (χ0n) is 11.3. The van der Waals surface area contributed by atoms with E-state index in [4.69, 9.17) is 0 Å². The minimum Gasteiger partial charge on any atom is -0.504 e. The maximum absolute atomic E-state index is 9.78. The van der Waals surface area contributed by atoms with Crippen LogP contribution in [0.3, 0.4) is 0 Å². The Morgan fingerprint density at radius 2 is 1.95 bits per heavy atom. The molecule has 0 amide bonds. The van der Waals surface area contributed by atoms with E-state index in [1.165, 1.54) is 6.07 Å². The summed E-state index contributed by atoms with van der Waals surface area (Å²) >= 11 is 0. The number of nitrogens with one attached hydrogen (secondary N) is 1. The largest absolute Gasteiger partial charge is 0.504 e. The molecule has 0 radical (unpaired) electrons. The third-order valence-corrected chi connectivity index (χ3v) is 3.23. The first-order valence-electron chi connectivity index (χ1n) is 6.56. The van der Waals surface area contributed by atoms with Crippen LogP contribution in [0.1, 0.15) is 5.56 Å². The normalized spacial score (nSPS) is 10.5. The Kier molecular flexibility index (Phi) is 3.47. The molecule has 0 spiro atoms. The molecule has 0 aliphatic rings. The van der Waals surface area contributed by atoms with Crippen LogP contribution in [-0.2, 0) is 6.54 Å². The molecule has 5 nitrogen and oxygen atoms in total. The zero-order valence-corrected chi connectivity index (χ0v) is 11.3. The van der Waals surface area contributed by atoms with Gasteiger partial charge in [0.2, 0.25) is 0 Å². The fourth-order valence-electron chi connectivity index (χ4n) is 2.11. The van der Waals surface area contributed by atoms with Crippen LogP contribution in [0.5, 0.6) is 11.5 Å². The number of hydrogen-bond donors (Lipinski definition) is 3. The van der Waals surface area contributed by atoms with Crippen molar-refractivity contribution in [3.05, 3.63) is 66.7 Å². The van der Waals surface area contributed by atoms with Gasteiger partial charge in [-0.15, -0.1) is 0 Å². The molecule has 0 aliphatic heterocycles. The highest BCUT2D eigenvalue weighted by molar-refractivity contribution is 5.53. The Labute approximate surface area is 122 Å². The van der Waals surface area contributed by atoms with Crippen molar-refractivity contribution in [2.75, 3.05) is 5.32 Å². The Morgan fingerprint density at radius 3 is 2.76 bits per heavy atom. The van der Waals surface area contributed by atoms with Crippen LogP contribution >= 0.6 is 0 Å². The molecule has 1 heterocycles. The average molecular weight is 281 g/mol. The van der Waals surface area contributed by atoms with E-state index >= 15 is 0 Å². The lowest BCUT2D eigenvalue weighted by atomic mass is 10.2. The second kappa shape index (κ2) is 5.58. The zero-order chi connectivity index (χ0) is 14.7. The molecule has 0 saturated heterocycles. The summed E-state index contributed by atoms with van der Waals surface area (Å²) < 4.78 is 1.91. The van der Waals surface area contributed by atoms with Crippen molar-refractivity contribution in [3.8, 4) is 17.2 Å². The molecule has 3 N–H and O–H groups in total. The number of aromatic nitrogens is 2. The van der Waals surface area contributed by atoms with Crippen molar-refractivity contribution in [2.24, 2.45) is 0 Å². The molecule has 5 heteroatoms. The van der Waals surface area contributed by atoms with E-state index in [1.807, 2.05) is 35.0 Å². The third-order valence-electron chi connectivity index (χ3n) is 3.23. The van der Waals surface area contributed by atoms with E-state index in [1.54, 1.807) is 24.7 Å². The topological polar surface area (TPSA) is 70.3 Å². The summed E-state index contributed by atoms with van der Waals surface area (Å²) in [6.45, 7) is 0.424. The predicted molar refractivity (Wildman–Crippen MR) is 80.7 cm³/mol. The van der Waals surface area contributed by atoms with Gasteiger partial charge >= 0.3 is 0 Å². The molecule has 21 heavy (non-hydrogen) atoms. The monoisotopic (exact) mass is 281 g/mol. The molecule has 106 valence electrons. The number of phenols is 2. The van der Waals surface area contributed by atoms with Gasteiger partial charge in [-0.05, 0) is 24.3 Å². The van der Waals surface area contributed by atoms with Gasteiger partial charge in [-0.3, -0.25) is 0 Å². The van der Waals surface area contributed by atoms with Gasteiger partial charge in [0.1, 0.15) is 0 Å². The van der Waals surface area contributed by atoms with Gasteiger partial charge in [0.05, 0.1) is 6.33 Å². The number of nitrogens with zero attached hydrogens (tertiary/aromatic N) is 2. The van der Waals surface area contributed by atoms with Crippen molar-refractivity contribution in [3.63, 3.8) is 0 Å². The minimum atomic E-state index is -0.110. The standard InChI is InChI=1S/C16H15N3O2/c20-15-6-1-3-12(16(15)21)10-18-13-4-2-5-14(9-13)19-8-7-17-11-19/h1-9,11,18,20-21H,10H2. The van der Waals surface area contributed by atoms with Gasteiger partial charge in [-0.1, -0.05) is 18.2 Å². The van der Waals surface area contributed by atoms with Crippen LogP contribution in [0.25, 0.3) is 5.69 Å². The van der Waals surface area contributed by atoms with Crippen molar-refractivity contribution in [1.82, 2.24) is 9.55 Å². The minimum absolute atomic E-state index is 0.0873. The van der Waals surface area contributed by atoms with E-state index in [9.17, 15) is 10.2 Å². The molecule has 0 unspecified atom stereocenters. The van der Waals surface area contributed by atoms with Crippen LogP contribution in [0.2, 0.25) is 0 Å². The van der Waals surface area contributed by atoms with Crippen molar-refractivity contribution in [1.29, 1.82) is 0 Å². The van der Waals surface area contributed by atoms with Gasteiger partial charge in [0, 0.05) is 35.9 Å². The smallest absolute Gasteiger partial charge is 0.162 e. The van der Waals surface area contributed by atoms with Crippen molar-refractivity contribution >= 4 is 5.69 Å². The molecule has 0 atom stereocenters. The summed E-state index contributed by atoms with van der Waals surface area (Å²) in [7, 11) is 0. The summed E-state index contributed by atoms with van der Waals surface area (Å²) in [5.41, 5.74) is 2.56. The molecule has 0 fully saturated rings. The average Bonchev–Trinajstić information content (AvgIpc) is 3.03. The molecular weight excluding hydrogens is 266 g/mol. The number of phenolic OH excluding ortho intramolecular Hbond substituents is 2. The van der Waals surface area contributed by atoms with E-state index in [0.29, 0.717) is 12.1 Å². The molecule has 2 aromatic carbocycles. The van der Waals surface area contributed by atoms with Crippen molar-refractivity contribution < 1.29 is 10.2 Å². The highest BCUT2D eigenvalue weighted by Gasteiger charge is 2.05. The fraction of sp³-hybridized carbons (Fsp3) is 0.0625. The number of rotatable bonds is 4. The summed E-state index contributed by atoms with van der Waals surface area (Å²) in [6.07, 6.45) is 5.34. The van der Waals surface area contributed by atoms with Gasteiger partial charge in [-0.2, -0.15) is 0 Å². The number of imidazole rings is 1. The quantitative estimate of drug-likeness (QED) is 0.643. The first-order valence-corrected chi connectivity index (χ1v) is 6.56. The van der Waals surface area contributed by atoms with Crippen LogP contribution < -0.4 is 5.32 Å². The van der Waals surface area contributed by atoms with Crippen LogP contribution in [0.4, 0.5) is 5.69 Å². The highest BCUT2D eigenvalue weighted by Crippen LogP contribution is 2.28. The molecule has 0 bridgehead atoms. The van der Waals surface area contributed by atoms with E-state index in [2.05, 4.69) is 10.3 Å². The van der Waals surface area contributed by atoms with E-state index < -0.39 is 0 Å². The lowest BCUT2D eigenvalue weighted by molar-refractivity contribution is 0.400. The molecule has 3 rings (SSSR count). The molecule has 1 aromatic heterocycles. The predicted octanol–water partition coefficient (Wildman–Crippen LogP) is 2.90. The maximum atomic E-state index is 9.78. The Hall–Kier alpha value is -2.95. The molecule has 3 aromatic rings. The highest BCUT2D eigenvalue weighted by atomic mass is 16.3. The van der Waals surface area contributed by atoms with E-state index in [0.717, 1.165) is 11.4 Å². The fourth-order valence-corrected chi connectivity index (χ4v) is 2.11. The SMILES string of the molecule is Oc1cccc(CNc2cccc(-n3ccnc3)c2)c1O. The summed E-state index contributed by atoms with van der Waals surface area (Å²) in [4.78, 5) is 4.02. The second-order valence-electron chi connectivity index (χ2n) is 4.66. The van der Waals surface area contributed by atoms with Gasteiger partial charge in [0.25, 0.3) is 0 Å². The number of hydrogen-bond acceptors (Lipinski definition) is 4. The number of anilines is 1. The van der Waals surface area contributed by atoms with Gasteiger partial charge < -0.3 is 20.1 Å². The maximum Gasteiger partial charge on any atom is 0.162 e. The molecular formula is C16H15N3O2. The number of aromatic hydroxyl groups is 2. The Bertz CT molecular complexity index is 739. The van der Waals surface area contributed by atoms with Crippen LogP contribution in [0, 0.1) is 0 Å². The molecule has 0 saturated carbocycles. The Morgan fingerprint density at radius 1 is 1.10 bits per heavy atom. The Balaban J connectivity index is 1.77. The van der Waals surface area contributed by atoms with Crippen molar-refractivity contribution in [2.45, 2.75) is 6.54 Å². The number of benzene rings is 2. The lowest BCUT2D eigenvalue weighted by Gasteiger charge is -2.10. The van der Waals surface area contributed by atoms with Gasteiger partial charge in [-0.25, -0.2) is 4.98 Å². The summed E-state index contributed by atoms with van der Waals surface area (Å²) in [5.74, 6) is -0.197. The second-order valence-corrected chi connectivity index (χ2v) is 4.66. The first kappa shape index (κ1) is 13.1. The third kappa shape index (κ3) is 2.81. The van der Waals surface area contributed by atoms with E-state index in [-0.39, 0.29) is 11.5 Å². The van der Waals surface area contributed by atoms with Crippen LogP contribution in [0.15, 0.2) is 61.2 Å². The van der Waals surface area contributed by atoms with Gasteiger partial charge in [0.15, 0.2) is 11.5 Å². The molecule has 0 aliphatic carbocycles.